The lowest BCUT2D eigenvalue weighted by atomic mass is 9.76. The second kappa shape index (κ2) is 6.88. The van der Waals surface area contributed by atoms with Crippen LogP contribution in [0.5, 0.6) is 0 Å². The largest absolute Gasteiger partial charge is 0.309 e. The van der Waals surface area contributed by atoms with Crippen molar-refractivity contribution >= 4 is 11.8 Å². The molecule has 1 atom stereocenters. The van der Waals surface area contributed by atoms with E-state index in [1.165, 1.54) is 4.90 Å². The highest BCUT2D eigenvalue weighted by molar-refractivity contribution is 6.09. The van der Waals surface area contributed by atoms with Crippen LogP contribution in [0.25, 0.3) is 0 Å². The second-order valence-corrected chi connectivity index (χ2v) is 6.13. The second-order valence-electron chi connectivity index (χ2n) is 6.13. The van der Waals surface area contributed by atoms with Crippen LogP contribution in [-0.4, -0.2) is 48.8 Å². The van der Waals surface area contributed by atoms with E-state index in [1.54, 1.807) is 6.08 Å². The zero-order chi connectivity index (χ0) is 16.2. The fraction of sp³-hybridized carbons (Fsp3) is 0.444. The number of hydrogen-bond donors (Lipinski definition) is 0. The Kier molecular flexibility index (Phi) is 5.14. The van der Waals surface area contributed by atoms with Gasteiger partial charge < -0.3 is 4.90 Å². The molecule has 0 bridgehead atoms. The summed E-state index contributed by atoms with van der Waals surface area (Å²) in [4.78, 5) is 28.8. The molecule has 4 heteroatoms. The molecule has 1 aliphatic heterocycles. The summed E-state index contributed by atoms with van der Waals surface area (Å²) < 4.78 is 0. The van der Waals surface area contributed by atoms with Gasteiger partial charge in [-0.3, -0.25) is 14.5 Å². The summed E-state index contributed by atoms with van der Waals surface area (Å²) in [5, 5.41) is 0. The van der Waals surface area contributed by atoms with Crippen molar-refractivity contribution in [1.29, 1.82) is 0 Å². The molecule has 1 aromatic rings. The lowest BCUT2D eigenvalue weighted by Gasteiger charge is -2.26. The quantitative estimate of drug-likeness (QED) is 0.572. The van der Waals surface area contributed by atoms with Crippen molar-refractivity contribution in [2.24, 2.45) is 0 Å². The number of hydrogen-bond acceptors (Lipinski definition) is 3. The molecule has 0 N–H and O–H groups in total. The van der Waals surface area contributed by atoms with Crippen LogP contribution in [0.1, 0.15) is 24.8 Å². The SMILES string of the molecule is C=CCC1(c2ccccc2)CC(=O)N(CCCN(C)C)C1=O. The fourth-order valence-corrected chi connectivity index (χ4v) is 3.08. The minimum absolute atomic E-state index is 0.0746. The molecule has 1 fully saturated rings. The van der Waals surface area contributed by atoms with Gasteiger partial charge in [0.1, 0.15) is 0 Å². The molecule has 2 amide bonds. The first kappa shape index (κ1) is 16.4. The van der Waals surface area contributed by atoms with Gasteiger partial charge in [0.15, 0.2) is 0 Å². The summed E-state index contributed by atoms with van der Waals surface area (Å²) in [6, 6.07) is 9.59. The lowest BCUT2D eigenvalue weighted by molar-refractivity contribution is -0.140. The summed E-state index contributed by atoms with van der Waals surface area (Å²) in [5.41, 5.74) is 0.140. The average Bonchev–Trinajstić information content (AvgIpc) is 2.73. The van der Waals surface area contributed by atoms with Crippen LogP contribution in [0.2, 0.25) is 0 Å². The van der Waals surface area contributed by atoms with E-state index in [4.69, 9.17) is 0 Å². The zero-order valence-electron chi connectivity index (χ0n) is 13.4. The van der Waals surface area contributed by atoms with E-state index in [9.17, 15) is 9.59 Å². The Bertz CT molecular complexity index is 553. The molecule has 1 aliphatic rings. The molecule has 1 aromatic carbocycles. The third kappa shape index (κ3) is 3.12. The number of likely N-dealkylation sites (tertiary alicyclic amines) is 1. The van der Waals surface area contributed by atoms with Crippen molar-refractivity contribution in [3.05, 3.63) is 48.6 Å². The predicted molar refractivity (Wildman–Crippen MR) is 87.4 cm³/mol. The first-order chi connectivity index (χ1) is 10.5. The molecule has 4 nitrogen and oxygen atoms in total. The van der Waals surface area contributed by atoms with E-state index in [0.717, 1.165) is 18.5 Å². The van der Waals surface area contributed by atoms with Crippen LogP contribution >= 0.6 is 0 Å². The van der Waals surface area contributed by atoms with E-state index >= 15 is 0 Å². The molecule has 1 unspecified atom stereocenters. The van der Waals surface area contributed by atoms with Gasteiger partial charge in [0, 0.05) is 13.0 Å². The predicted octanol–water partition coefficient (Wildman–Crippen LogP) is 2.21. The molecule has 1 heterocycles. The molecule has 0 radical (unpaired) electrons. The summed E-state index contributed by atoms with van der Waals surface area (Å²) in [6.07, 6.45) is 3.26. The van der Waals surface area contributed by atoms with Gasteiger partial charge in [-0.05, 0) is 39.0 Å². The molecule has 22 heavy (non-hydrogen) atoms. The smallest absolute Gasteiger partial charge is 0.240 e. The molecular formula is C18H24N2O2. The van der Waals surface area contributed by atoms with Crippen LogP contribution < -0.4 is 0 Å². The number of benzene rings is 1. The Balaban J connectivity index is 2.24. The maximum absolute atomic E-state index is 12.9. The third-order valence-corrected chi connectivity index (χ3v) is 4.21. The maximum Gasteiger partial charge on any atom is 0.240 e. The topological polar surface area (TPSA) is 40.6 Å². The lowest BCUT2D eigenvalue weighted by Crippen LogP contribution is -2.39. The van der Waals surface area contributed by atoms with Gasteiger partial charge >= 0.3 is 0 Å². The molecule has 0 saturated carbocycles. The summed E-state index contributed by atoms with van der Waals surface area (Å²) in [6.45, 7) is 5.12. The van der Waals surface area contributed by atoms with Gasteiger partial charge in [0.05, 0.1) is 5.41 Å². The summed E-state index contributed by atoms with van der Waals surface area (Å²) in [5.74, 6) is -0.156. The van der Waals surface area contributed by atoms with E-state index in [0.29, 0.717) is 13.0 Å². The fourth-order valence-electron chi connectivity index (χ4n) is 3.08. The number of carbonyl (C=O) groups excluding carboxylic acids is 2. The number of imide groups is 1. The first-order valence-corrected chi connectivity index (χ1v) is 7.67. The average molecular weight is 300 g/mol. The molecule has 0 aliphatic carbocycles. The summed E-state index contributed by atoms with van der Waals surface area (Å²) >= 11 is 0. The highest BCUT2D eigenvalue weighted by Gasteiger charge is 2.51. The highest BCUT2D eigenvalue weighted by atomic mass is 16.2. The minimum Gasteiger partial charge on any atom is -0.309 e. The Labute approximate surface area is 132 Å². The number of rotatable bonds is 7. The van der Waals surface area contributed by atoms with Gasteiger partial charge in [-0.1, -0.05) is 36.4 Å². The van der Waals surface area contributed by atoms with Gasteiger partial charge in [0.25, 0.3) is 0 Å². The molecule has 2 rings (SSSR count). The van der Waals surface area contributed by atoms with Crippen molar-refractivity contribution in [3.63, 3.8) is 0 Å². The maximum atomic E-state index is 12.9. The standard InChI is InChI=1S/C18H24N2O2/c1-4-11-18(15-9-6-5-7-10-15)14-16(21)20(17(18)22)13-8-12-19(2)3/h4-7,9-10H,1,8,11-14H2,2-3H3. The van der Waals surface area contributed by atoms with Crippen molar-refractivity contribution in [2.45, 2.75) is 24.7 Å². The van der Waals surface area contributed by atoms with Crippen LogP contribution in [0, 0.1) is 0 Å². The number of carbonyl (C=O) groups is 2. The number of allylic oxidation sites excluding steroid dienone is 1. The normalized spacial score (nSPS) is 21.7. The minimum atomic E-state index is -0.766. The first-order valence-electron chi connectivity index (χ1n) is 7.67. The zero-order valence-corrected chi connectivity index (χ0v) is 13.4. The molecule has 0 aromatic heterocycles. The Morgan fingerprint density at radius 3 is 2.55 bits per heavy atom. The molecular weight excluding hydrogens is 276 g/mol. The van der Waals surface area contributed by atoms with E-state index in [-0.39, 0.29) is 18.2 Å². The molecule has 118 valence electrons. The van der Waals surface area contributed by atoms with Gasteiger partial charge in [-0.2, -0.15) is 0 Å². The number of amides is 2. The van der Waals surface area contributed by atoms with Crippen LogP contribution in [-0.2, 0) is 15.0 Å². The molecule has 1 saturated heterocycles. The number of nitrogens with zero attached hydrogens (tertiary/aromatic N) is 2. The van der Waals surface area contributed by atoms with E-state index < -0.39 is 5.41 Å². The Morgan fingerprint density at radius 1 is 1.27 bits per heavy atom. The van der Waals surface area contributed by atoms with Gasteiger partial charge in [-0.15, -0.1) is 6.58 Å². The van der Waals surface area contributed by atoms with Crippen molar-refractivity contribution < 1.29 is 9.59 Å². The third-order valence-electron chi connectivity index (χ3n) is 4.21. The summed E-state index contributed by atoms with van der Waals surface area (Å²) in [7, 11) is 3.97. The van der Waals surface area contributed by atoms with Gasteiger partial charge in [0.2, 0.25) is 11.8 Å². The highest BCUT2D eigenvalue weighted by Crippen LogP contribution is 2.39. The van der Waals surface area contributed by atoms with Crippen molar-refractivity contribution in [1.82, 2.24) is 9.80 Å². The van der Waals surface area contributed by atoms with E-state index in [1.807, 2.05) is 44.4 Å². The van der Waals surface area contributed by atoms with Gasteiger partial charge in [-0.25, -0.2) is 0 Å². The van der Waals surface area contributed by atoms with Crippen LogP contribution in [0.3, 0.4) is 0 Å². The van der Waals surface area contributed by atoms with Crippen molar-refractivity contribution in [2.75, 3.05) is 27.2 Å². The van der Waals surface area contributed by atoms with E-state index in [2.05, 4.69) is 11.5 Å². The van der Waals surface area contributed by atoms with Crippen LogP contribution in [0.15, 0.2) is 43.0 Å². The molecule has 0 spiro atoms. The van der Waals surface area contributed by atoms with Crippen LogP contribution in [0.4, 0.5) is 0 Å². The Hall–Kier alpha value is -1.94. The Morgan fingerprint density at radius 2 is 1.95 bits per heavy atom. The van der Waals surface area contributed by atoms with Crippen molar-refractivity contribution in [3.8, 4) is 0 Å². The monoisotopic (exact) mass is 300 g/mol.